The van der Waals surface area contributed by atoms with E-state index in [1.165, 1.54) is 0 Å². The van der Waals surface area contributed by atoms with Crippen molar-refractivity contribution in [2.45, 2.75) is 0 Å². The van der Waals surface area contributed by atoms with Crippen LogP contribution in [0, 0.1) is 0 Å². The van der Waals surface area contributed by atoms with Crippen LogP contribution in [0.3, 0.4) is 0 Å². The van der Waals surface area contributed by atoms with Gasteiger partial charge in [-0.25, -0.2) is 0 Å². The fraction of sp³-hybridized carbons (Fsp3) is 0.118. The largest absolute Gasteiger partial charge is 0.490 e. The zero-order chi connectivity index (χ0) is 15.8. The van der Waals surface area contributed by atoms with Gasteiger partial charge in [-0.05, 0) is 36.4 Å². The molecule has 0 aliphatic carbocycles. The molecule has 0 spiro atoms. The monoisotopic (exact) mass is 345 g/mol. The predicted octanol–water partition coefficient (Wildman–Crippen LogP) is 5.09. The van der Waals surface area contributed by atoms with E-state index in [1.807, 2.05) is 24.3 Å². The van der Waals surface area contributed by atoms with Crippen LogP contribution in [0.1, 0.15) is 0 Å². The molecule has 4 nitrogen and oxygen atoms in total. The minimum atomic E-state index is 0.568. The molecule has 2 heterocycles. The maximum Gasteiger partial charge on any atom is 0.143 e. The number of hydrogen-bond acceptors (Lipinski definition) is 4. The molecular formula is C17H13Cl2N3O. The molecule has 0 saturated heterocycles. The van der Waals surface area contributed by atoms with Crippen molar-refractivity contribution in [2.24, 2.45) is 0 Å². The molecule has 23 heavy (non-hydrogen) atoms. The summed E-state index contributed by atoms with van der Waals surface area (Å²) in [6, 6.07) is 11.3. The van der Waals surface area contributed by atoms with Gasteiger partial charge in [-0.15, -0.1) is 0 Å². The summed E-state index contributed by atoms with van der Waals surface area (Å²) in [5.41, 5.74) is 3.56. The van der Waals surface area contributed by atoms with Crippen LogP contribution in [-0.4, -0.2) is 18.1 Å². The Balaban J connectivity index is 1.80. The number of hydrogen-bond donors (Lipinski definition) is 2. The molecule has 0 bridgehead atoms. The topological polar surface area (TPSA) is 46.2 Å². The van der Waals surface area contributed by atoms with E-state index in [1.54, 1.807) is 18.3 Å². The standard InChI is InChI=1S/C17H13Cl2N3O/c18-10-1-2-14(12(19)7-10)22-13-3-4-20-15-9-16-17(8-11(13)15)23-6-5-21-16/h1-4,7-9,21H,5-6H2,(H,20,22). The van der Waals surface area contributed by atoms with Gasteiger partial charge in [-0.2, -0.15) is 0 Å². The normalized spacial score (nSPS) is 13.1. The average Bonchev–Trinajstić information content (AvgIpc) is 2.56. The van der Waals surface area contributed by atoms with Gasteiger partial charge in [0.2, 0.25) is 0 Å². The van der Waals surface area contributed by atoms with Gasteiger partial charge in [0.25, 0.3) is 0 Å². The summed E-state index contributed by atoms with van der Waals surface area (Å²) in [4.78, 5) is 4.44. The van der Waals surface area contributed by atoms with Crippen LogP contribution >= 0.6 is 23.2 Å². The number of aromatic nitrogens is 1. The third-order valence-corrected chi connectivity index (χ3v) is 4.27. The van der Waals surface area contributed by atoms with Crippen molar-refractivity contribution in [1.29, 1.82) is 0 Å². The Morgan fingerprint density at radius 1 is 1.09 bits per heavy atom. The molecule has 1 aliphatic rings. The fourth-order valence-corrected chi connectivity index (χ4v) is 3.08. The molecule has 2 N–H and O–H groups in total. The van der Waals surface area contributed by atoms with E-state index >= 15 is 0 Å². The fourth-order valence-electron chi connectivity index (χ4n) is 2.62. The first-order valence-electron chi connectivity index (χ1n) is 7.22. The molecule has 0 radical (unpaired) electrons. The summed E-state index contributed by atoms with van der Waals surface area (Å²) in [5.74, 6) is 0.835. The van der Waals surface area contributed by atoms with Crippen LogP contribution in [0.5, 0.6) is 5.75 Å². The Kier molecular flexibility index (Phi) is 3.63. The van der Waals surface area contributed by atoms with Gasteiger partial charge >= 0.3 is 0 Å². The van der Waals surface area contributed by atoms with Gasteiger partial charge in [0.1, 0.15) is 12.4 Å². The molecule has 1 aromatic heterocycles. The zero-order valence-corrected chi connectivity index (χ0v) is 13.6. The quantitative estimate of drug-likeness (QED) is 0.679. The van der Waals surface area contributed by atoms with Crippen molar-refractivity contribution in [3.63, 3.8) is 0 Å². The highest BCUT2D eigenvalue weighted by Gasteiger charge is 2.13. The maximum absolute atomic E-state index is 6.25. The number of pyridine rings is 1. The first kappa shape index (κ1) is 14.4. The van der Waals surface area contributed by atoms with Crippen molar-refractivity contribution in [2.75, 3.05) is 23.8 Å². The summed E-state index contributed by atoms with van der Waals surface area (Å²) < 4.78 is 5.71. The van der Waals surface area contributed by atoms with Crippen molar-refractivity contribution in [1.82, 2.24) is 4.98 Å². The smallest absolute Gasteiger partial charge is 0.143 e. The van der Waals surface area contributed by atoms with E-state index in [0.717, 1.165) is 40.3 Å². The molecule has 3 aromatic rings. The molecule has 0 fully saturated rings. The van der Waals surface area contributed by atoms with E-state index in [4.69, 9.17) is 27.9 Å². The molecule has 4 rings (SSSR count). The molecule has 0 atom stereocenters. The first-order chi connectivity index (χ1) is 11.2. The summed E-state index contributed by atoms with van der Waals surface area (Å²) in [6.45, 7) is 1.46. The highest BCUT2D eigenvalue weighted by Crippen LogP contribution is 2.36. The molecule has 0 unspecified atom stereocenters. The van der Waals surface area contributed by atoms with Crippen molar-refractivity contribution >= 4 is 51.2 Å². The Hall–Kier alpha value is -2.17. The Morgan fingerprint density at radius 3 is 2.87 bits per heavy atom. The molecular weight excluding hydrogens is 333 g/mol. The second-order valence-electron chi connectivity index (χ2n) is 5.25. The van der Waals surface area contributed by atoms with Crippen molar-refractivity contribution in [3.05, 3.63) is 52.6 Å². The minimum Gasteiger partial charge on any atom is -0.490 e. The Morgan fingerprint density at radius 2 is 2.00 bits per heavy atom. The number of benzene rings is 2. The van der Waals surface area contributed by atoms with E-state index in [-0.39, 0.29) is 0 Å². The number of anilines is 3. The maximum atomic E-state index is 6.25. The lowest BCUT2D eigenvalue weighted by Crippen LogP contribution is -2.17. The second-order valence-corrected chi connectivity index (χ2v) is 6.09. The van der Waals surface area contributed by atoms with Crippen molar-refractivity contribution in [3.8, 4) is 5.75 Å². The van der Waals surface area contributed by atoms with Crippen LogP contribution in [0.25, 0.3) is 10.9 Å². The van der Waals surface area contributed by atoms with Crippen LogP contribution in [0.4, 0.5) is 17.1 Å². The Bertz CT molecular complexity index is 898. The van der Waals surface area contributed by atoms with E-state index in [2.05, 4.69) is 15.6 Å². The second kappa shape index (κ2) is 5.80. The molecule has 0 amide bonds. The molecule has 6 heteroatoms. The van der Waals surface area contributed by atoms with Gasteiger partial charge in [0.15, 0.2) is 0 Å². The van der Waals surface area contributed by atoms with Crippen LogP contribution in [-0.2, 0) is 0 Å². The molecule has 2 aromatic carbocycles. The summed E-state index contributed by atoms with van der Waals surface area (Å²) in [7, 11) is 0. The highest BCUT2D eigenvalue weighted by molar-refractivity contribution is 6.36. The SMILES string of the molecule is Clc1ccc(Nc2ccnc3cc4c(cc23)OCCN4)c(Cl)c1. The number of rotatable bonds is 2. The zero-order valence-electron chi connectivity index (χ0n) is 12.1. The minimum absolute atomic E-state index is 0.568. The highest BCUT2D eigenvalue weighted by atomic mass is 35.5. The first-order valence-corrected chi connectivity index (χ1v) is 7.98. The van der Waals surface area contributed by atoms with Gasteiger partial charge in [-0.3, -0.25) is 4.98 Å². The number of ether oxygens (including phenoxy) is 1. The lowest BCUT2D eigenvalue weighted by Gasteiger charge is -2.20. The number of nitrogens with one attached hydrogen (secondary N) is 2. The third-order valence-electron chi connectivity index (χ3n) is 3.72. The number of nitrogens with zero attached hydrogens (tertiary/aromatic N) is 1. The van der Waals surface area contributed by atoms with Crippen LogP contribution < -0.4 is 15.4 Å². The summed E-state index contributed by atoms with van der Waals surface area (Å²) in [6.07, 6.45) is 1.77. The average molecular weight is 346 g/mol. The van der Waals surface area contributed by atoms with E-state index in [0.29, 0.717) is 16.7 Å². The van der Waals surface area contributed by atoms with Gasteiger partial charge in [0.05, 0.1) is 21.9 Å². The number of fused-ring (bicyclic) bond motifs is 2. The lowest BCUT2D eigenvalue weighted by atomic mass is 10.1. The molecule has 0 saturated carbocycles. The van der Waals surface area contributed by atoms with E-state index in [9.17, 15) is 0 Å². The lowest BCUT2D eigenvalue weighted by molar-refractivity contribution is 0.324. The predicted molar refractivity (Wildman–Crippen MR) is 95.5 cm³/mol. The Labute approximate surface area is 143 Å². The summed E-state index contributed by atoms with van der Waals surface area (Å²) in [5, 5.41) is 8.81. The third kappa shape index (κ3) is 2.76. The van der Waals surface area contributed by atoms with Gasteiger partial charge < -0.3 is 15.4 Å². The molecule has 1 aliphatic heterocycles. The summed E-state index contributed by atoms with van der Waals surface area (Å²) >= 11 is 12.2. The van der Waals surface area contributed by atoms with Gasteiger partial charge in [0, 0.05) is 28.8 Å². The van der Waals surface area contributed by atoms with Crippen LogP contribution in [0.2, 0.25) is 10.0 Å². The molecule has 116 valence electrons. The van der Waals surface area contributed by atoms with Crippen LogP contribution in [0.15, 0.2) is 42.6 Å². The van der Waals surface area contributed by atoms with Gasteiger partial charge in [-0.1, -0.05) is 23.2 Å². The number of halogens is 2. The van der Waals surface area contributed by atoms with Crippen molar-refractivity contribution < 1.29 is 4.74 Å². The van der Waals surface area contributed by atoms with E-state index < -0.39 is 0 Å².